The molecule has 0 unspecified atom stereocenters. The van der Waals surface area contributed by atoms with Crippen molar-refractivity contribution in [1.29, 1.82) is 0 Å². The van der Waals surface area contributed by atoms with Crippen LogP contribution >= 0.6 is 0 Å². The van der Waals surface area contributed by atoms with E-state index < -0.39 is 0 Å². The van der Waals surface area contributed by atoms with Gasteiger partial charge in [0.1, 0.15) is 0 Å². The van der Waals surface area contributed by atoms with Crippen LogP contribution < -0.4 is 0 Å². The molecule has 140 valence electrons. The summed E-state index contributed by atoms with van der Waals surface area (Å²) in [7, 11) is 0. The zero-order chi connectivity index (χ0) is 19.8. The standard InChI is InChI=1S/C26H26N2/c1-17-11-12-23(16-25(17)28-21(5)15-20(4)27-28)26-18(2)13-24(14-19(26)3)22-9-7-6-8-10-22/h6-16H,1-5H3. The molecule has 1 heterocycles. The van der Waals surface area contributed by atoms with E-state index in [-0.39, 0.29) is 0 Å². The minimum absolute atomic E-state index is 1.04. The summed E-state index contributed by atoms with van der Waals surface area (Å²) in [5.74, 6) is 0. The highest BCUT2D eigenvalue weighted by atomic mass is 15.3. The van der Waals surface area contributed by atoms with Crippen LogP contribution in [0.2, 0.25) is 0 Å². The van der Waals surface area contributed by atoms with Gasteiger partial charge in [0.2, 0.25) is 0 Å². The molecule has 1 aromatic heterocycles. The lowest BCUT2D eigenvalue weighted by atomic mass is 9.91. The Morgan fingerprint density at radius 2 is 1.29 bits per heavy atom. The fourth-order valence-corrected chi connectivity index (χ4v) is 4.08. The largest absolute Gasteiger partial charge is 0.238 e. The zero-order valence-electron chi connectivity index (χ0n) is 17.2. The van der Waals surface area contributed by atoms with Gasteiger partial charge in [-0.05, 0) is 85.7 Å². The van der Waals surface area contributed by atoms with Gasteiger partial charge in [0, 0.05) is 5.69 Å². The predicted molar refractivity (Wildman–Crippen MR) is 118 cm³/mol. The van der Waals surface area contributed by atoms with E-state index in [1.807, 2.05) is 6.92 Å². The maximum atomic E-state index is 4.69. The van der Waals surface area contributed by atoms with E-state index >= 15 is 0 Å². The van der Waals surface area contributed by atoms with Crippen LogP contribution in [0.15, 0.2) is 66.7 Å². The van der Waals surface area contributed by atoms with Crippen LogP contribution in [0.5, 0.6) is 0 Å². The molecular formula is C26H26N2. The first kappa shape index (κ1) is 18.2. The van der Waals surface area contributed by atoms with E-state index in [0.29, 0.717) is 0 Å². The molecule has 0 aliphatic carbocycles. The predicted octanol–water partition coefficient (Wildman–Crippen LogP) is 6.75. The second-order valence-electron chi connectivity index (χ2n) is 7.69. The molecule has 0 amide bonds. The number of benzene rings is 3. The van der Waals surface area contributed by atoms with Crippen LogP contribution in [0.3, 0.4) is 0 Å². The Balaban J connectivity index is 1.84. The monoisotopic (exact) mass is 366 g/mol. The second kappa shape index (κ2) is 7.12. The molecule has 4 aromatic rings. The van der Waals surface area contributed by atoms with Crippen molar-refractivity contribution in [2.75, 3.05) is 0 Å². The summed E-state index contributed by atoms with van der Waals surface area (Å²) in [4.78, 5) is 0. The van der Waals surface area contributed by atoms with Crippen LogP contribution in [-0.4, -0.2) is 9.78 Å². The summed E-state index contributed by atoms with van der Waals surface area (Å²) < 4.78 is 2.05. The van der Waals surface area contributed by atoms with Gasteiger partial charge in [-0.1, -0.05) is 54.6 Å². The maximum absolute atomic E-state index is 4.69. The maximum Gasteiger partial charge on any atom is 0.0684 e. The molecule has 2 nitrogen and oxygen atoms in total. The molecule has 0 N–H and O–H groups in total. The molecular weight excluding hydrogens is 340 g/mol. The minimum atomic E-state index is 1.04. The lowest BCUT2D eigenvalue weighted by molar-refractivity contribution is 0.828. The molecule has 0 radical (unpaired) electrons. The van der Waals surface area contributed by atoms with Crippen molar-refractivity contribution in [3.63, 3.8) is 0 Å². The Morgan fingerprint density at radius 1 is 0.607 bits per heavy atom. The molecule has 0 aliphatic rings. The van der Waals surface area contributed by atoms with Gasteiger partial charge in [0.05, 0.1) is 11.4 Å². The third-order valence-corrected chi connectivity index (χ3v) is 5.38. The van der Waals surface area contributed by atoms with Gasteiger partial charge in [-0.2, -0.15) is 5.10 Å². The van der Waals surface area contributed by atoms with Crippen LogP contribution in [0.25, 0.3) is 27.9 Å². The van der Waals surface area contributed by atoms with Gasteiger partial charge < -0.3 is 0 Å². The van der Waals surface area contributed by atoms with Crippen molar-refractivity contribution < 1.29 is 0 Å². The highest BCUT2D eigenvalue weighted by Crippen LogP contribution is 2.34. The van der Waals surface area contributed by atoms with E-state index in [9.17, 15) is 0 Å². The third-order valence-electron chi connectivity index (χ3n) is 5.38. The number of aryl methyl sites for hydroxylation is 5. The first-order valence-corrected chi connectivity index (χ1v) is 9.75. The summed E-state index contributed by atoms with van der Waals surface area (Å²) >= 11 is 0. The number of hydrogen-bond acceptors (Lipinski definition) is 1. The van der Waals surface area contributed by atoms with Crippen LogP contribution in [-0.2, 0) is 0 Å². The SMILES string of the molecule is Cc1cc(C)n(-c2cc(-c3c(C)cc(-c4ccccc4)cc3C)ccc2C)n1. The number of hydrogen-bond donors (Lipinski definition) is 0. The lowest BCUT2D eigenvalue weighted by Gasteiger charge is -2.16. The number of nitrogens with zero attached hydrogens (tertiary/aromatic N) is 2. The Bertz CT molecular complexity index is 1130. The third kappa shape index (κ3) is 3.27. The molecule has 0 spiro atoms. The van der Waals surface area contributed by atoms with Gasteiger partial charge in [-0.3, -0.25) is 0 Å². The Labute approximate surface area is 167 Å². The van der Waals surface area contributed by atoms with Crippen molar-refractivity contribution in [3.8, 4) is 27.9 Å². The molecule has 0 saturated heterocycles. The fourth-order valence-electron chi connectivity index (χ4n) is 4.08. The van der Waals surface area contributed by atoms with E-state index in [1.54, 1.807) is 0 Å². The molecule has 0 saturated carbocycles. The summed E-state index contributed by atoms with van der Waals surface area (Å²) in [6.07, 6.45) is 0. The van der Waals surface area contributed by atoms with E-state index in [2.05, 4.69) is 99.1 Å². The summed E-state index contributed by atoms with van der Waals surface area (Å²) in [5.41, 5.74) is 12.2. The Morgan fingerprint density at radius 3 is 1.89 bits per heavy atom. The smallest absolute Gasteiger partial charge is 0.0684 e. The summed E-state index contributed by atoms with van der Waals surface area (Å²) in [6, 6.07) is 24.0. The Kier molecular flexibility index (Phi) is 4.64. The van der Waals surface area contributed by atoms with Gasteiger partial charge in [-0.25, -0.2) is 4.68 Å². The molecule has 0 atom stereocenters. The average Bonchev–Trinajstić information content (AvgIpc) is 3.01. The van der Waals surface area contributed by atoms with Crippen LogP contribution in [0.1, 0.15) is 28.1 Å². The van der Waals surface area contributed by atoms with E-state index in [0.717, 1.165) is 17.1 Å². The molecule has 0 fully saturated rings. The molecule has 0 bridgehead atoms. The van der Waals surface area contributed by atoms with Crippen molar-refractivity contribution in [1.82, 2.24) is 9.78 Å². The number of rotatable bonds is 3. The fraction of sp³-hybridized carbons (Fsp3) is 0.192. The van der Waals surface area contributed by atoms with Crippen molar-refractivity contribution in [2.45, 2.75) is 34.6 Å². The Hall–Kier alpha value is -3.13. The molecule has 3 aromatic carbocycles. The normalized spacial score (nSPS) is 11.0. The highest BCUT2D eigenvalue weighted by molar-refractivity contribution is 5.78. The van der Waals surface area contributed by atoms with Crippen molar-refractivity contribution >= 4 is 0 Å². The van der Waals surface area contributed by atoms with Gasteiger partial charge in [-0.15, -0.1) is 0 Å². The first-order chi connectivity index (χ1) is 13.4. The molecule has 28 heavy (non-hydrogen) atoms. The topological polar surface area (TPSA) is 17.8 Å². The van der Waals surface area contributed by atoms with Gasteiger partial charge >= 0.3 is 0 Å². The molecule has 2 heteroatoms. The van der Waals surface area contributed by atoms with Crippen molar-refractivity contribution in [3.05, 3.63) is 94.8 Å². The first-order valence-electron chi connectivity index (χ1n) is 9.75. The van der Waals surface area contributed by atoms with Crippen LogP contribution in [0, 0.1) is 34.6 Å². The van der Waals surface area contributed by atoms with Gasteiger partial charge in [0.25, 0.3) is 0 Å². The van der Waals surface area contributed by atoms with E-state index in [4.69, 9.17) is 5.10 Å². The summed E-state index contributed by atoms with van der Waals surface area (Å²) in [5, 5.41) is 4.69. The van der Waals surface area contributed by atoms with E-state index in [1.165, 1.54) is 38.9 Å². The molecule has 4 rings (SSSR count). The summed E-state index contributed by atoms with van der Waals surface area (Å²) in [6.45, 7) is 10.7. The van der Waals surface area contributed by atoms with Gasteiger partial charge in [0.15, 0.2) is 0 Å². The van der Waals surface area contributed by atoms with Crippen LogP contribution in [0.4, 0.5) is 0 Å². The number of aromatic nitrogens is 2. The average molecular weight is 367 g/mol. The van der Waals surface area contributed by atoms with Crippen molar-refractivity contribution in [2.24, 2.45) is 0 Å². The minimum Gasteiger partial charge on any atom is -0.238 e. The lowest BCUT2D eigenvalue weighted by Crippen LogP contribution is -2.02. The highest BCUT2D eigenvalue weighted by Gasteiger charge is 2.13. The molecule has 0 aliphatic heterocycles. The quantitative estimate of drug-likeness (QED) is 0.392. The second-order valence-corrected chi connectivity index (χ2v) is 7.69. The zero-order valence-corrected chi connectivity index (χ0v) is 17.2.